The summed E-state index contributed by atoms with van der Waals surface area (Å²) < 4.78 is 0. The van der Waals surface area contributed by atoms with Crippen LogP contribution in [-0.4, -0.2) is 11.8 Å². The van der Waals surface area contributed by atoms with Gasteiger partial charge < -0.3 is 5.73 Å². The number of hydrogen-bond donors (Lipinski definition) is 1. The number of hydrogen-bond acceptors (Lipinski definition) is 2. The summed E-state index contributed by atoms with van der Waals surface area (Å²) in [5.74, 6) is 0.131. The van der Waals surface area contributed by atoms with E-state index in [4.69, 9.17) is 5.73 Å². The van der Waals surface area contributed by atoms with Gasteiger partial charge in [0.2, 0.25) is 0 Å². The third-order valence-electron chi connectivity index (χ3n) is 1.86. The zero-order valence-corrected chi connectivity index (χ0v) is 6.99. The molecule has 0 bridgehead atoms. The largest absolute Gasteiger partial charge is 0.324 e. The lowest BCUT2D eigenvalue weighted by Crippen LogP contribution is -2.27. The van der Waals surface area contributed by atoms with Crippen molar-refractivity contribution in [3.05, 3.63) is 36.5 Å². The first kappa shape index (κ1) is 8.94. The van der Waals surface area contributed by atoms with E-state index in [2.05, 4.69) is 6.58 Å². The first-order chi connectivity index (χ1) is 5.75. The normalized spacial score (nSPS) is 18.8. The molecule has 2 nitrogen and oxygen atoms in total. The highest BCUT2D eigenvalue weighted by molar-refractivity contribution is 5.98. The van der Waals surface area contributed by atoms with E-state index in [0.717, 1.165) is 5.57 Å². The van der Waals surface area contributed by atoms with E-state index in [-0.39, 0.29) is 11.8 Å². The lowest BCUT2D eigenvalue weighted by atomic mass is 9.95. The summed E-state index contributed by atoms with van der Waals surface area (Å²) in [5.41, 5.74) is 6.47. The molecule has 2 N–H and O–H groups in total. The Morgan fingerprint density at radius 2 is 2.50 bits per heavy atom. The lowest BCUT2D eigenvalue weighted by Gasteiger charge is -2.13. The maximum absolute atomic E-state index is 11.3. The summed E-state index contributed by atoms with van der Waals surface area (Å²) in [6, 6.07) is -0.181. The zero-order chi connectivity index (χ0) is 8.97. The molecule has 0 radical (unpaired) electrons. The van der Waals surface area contributed by atoms with Crippen LogP contribution in [0.1, 0.15) is 12.8 Å². The molecule has 1 aliphatic carbocycles. The fourth-order valence-corrected chi connectivity index (χ4v) is 1.19. The molecule has 2 heteroatoms. The number of carbonyl (C=O) groups excluding carboxylic acids is 1. The summed E-state index contributed by atoms with van der Waals surface area (Å²) >= 11 is 0. The van der Waals surface area contributed by atoms with Crippen molar-refractivity contribution >= 4 is 5.78 Å². The predicted octanol–water partition coefficient (Wildman–Crippen LogP) is 1.35. The molecule has 1 rings (SSSR count). The number of carbonyl (C=O) groups is 1. The van der Waals surface area contributed by atoms with Gasteiger partial charge in [-0.25, -0.2) is 0 Å². The zero-order valence-electron chi connectivity index (χ0n) is 6.99. The standard InChI is InChI=1S/C10H13NO/c1-2-5-9(11)8-6-3-4-7-10(8)12/h2-4,6,9H,1,5,7,11H2. The van der Waals surface area contributed by atoms with E-state index in [9.17, 15) is 4.79 Å². The van der Waals surface area contributed by atoms with Crippen molar-refractivity contribution in [2.24, 2.45) is 5.73 Å². The number of nitrogens with two attached hydrogens (primary N) is 1. The third kappa shape index (κ3) is 1.92. The van der Waals surface area contributed by atoms with Crippen LogP contribution in [0, 0.1) is 0 Å². The fraction of sp³-hybridized carbons (Fsp3) is 0.300. The number of Topliss-reactive ketones (excluding diaryl/α,β-unsaturated/α-hetero) is 1. The summed E-state index contributed by atoms with van der Waals surface area (Å²) in [5, 5.41) is 0. The van der Waals surface area contributed by atoms with E-state index in [0.29, 0.717) is 12.8 Å². The van der Waals surface area contributed by atoms with Crippen molar-refractivity contribution in [3.63, 3.8) is 0 Å². The second-order valence-corrected chi connectivity index (χ2v) is 2.81. The van der Waals surface area contributed by atoms with Crippen molar-refractivity contribution in [1.82, 2.24) is 0 Å². The highest BCUT2D eigenvalue weighted by Gasteiger charge is 2.15. The number of ketones is 1. The Morgan fingerprint density at radius 3 is 3.08 bits per heavy atom. The van der Waals surface area contributed by atoms with Crippen LogP contribution < -0.4 is 5.73 Å². The molecule has 0 spiro atoms. The minimum atomic E-state index is -0.181. The van der Waals surface area contributed by atoms with Crippen LogP contribution >= 0.6 is 0 Å². The molecule has 1 atom stereocenters. The summed E-state index contributed by atoms with van der Waals surface area (Å²) in [7, 11) is 0. The molecule has 1 unspecified atom stereocenters. The van der Waals surface area contributed by atoms with E-state index in [1.165, 1.54) is 0 Å². The molecule has 1 aliphatic rings. The maximum atomic E-state index is 11.3. The molecule has 0 aromatic rings. The maximum Gasteiger partial charge on any atom is 0.164 e. The smallest absolute Gasteiger partial charge is 0.164 e. The molecule has 12 heavy (non-hydrogen) atoms. The number of allylic oxidation sites excluding steroid dienone is 3. The minimum absolute atomic E-state index is 0.131. The monoisotopic (exact) mass is 163 g/mol. The number of rotatable bonds is 3. The van der Waals surface area contributed by atoms with Gasteiger partial charge in [0.05, 0.1) is 0 Å². The molecule has 0 saturated carbocycles. The Hall–Kier alpha value is -1.15. The van der Waals surface area contributed by atoms with Crippen molar-refractivity contribution in [3.8, 4) is 0 Å². The molecular weight excluding hydrogens is 150 g/mol. The average Bonchev–Trinajstić information content (AvgIpc) is 2.05. The Bertz CT molecular complexity index is 251. The van der Waals surface area contributed by atoms with Crippen LogP contribution in [0.5, 0.6) is 0 Å². The van der Waals surface area contributed by atoms with Gasteiger partial charge in [-0.3, -0.25) is 4.79 Å². The molecule has 0 saturated heterocycles. The van der Waals surface area contributed by atoms with Crippen LogP contribution in [0.4, 0.5) is 0 Å². The predicted molar refractivity (Wildman–Crippen MR) is 49.6 cm³/mol. The molecule has 0 aromatic heterocycles. The highest BCUT2D eigenvalue weighted by Crippen LogP contribution is 2.12. The van der Waals surface area contributed by atoms with Gasteiger partial charge in [0.1, 0.15) is 0 Å². The molecule has 0 amide bonds. The van der Waals surface area contributed by atoms with Crippen molar-refractivity contribution in [1.29, 1.82) is 0 Å². The van der Waals surface area contributed by atoms with Gasteiger partial charge in [-0.1, -0.05) is 24.3 Å². The van der Waals surface area contributed by atoms with Crippen LogP contribution in [0.3, 0.4) is 0 Å². The molecule has 0 heterocycles. The van der Waals surface area contributed by atoms with Gasteiger partial charge in [0.15, 0.2) is 5.78 Å². The van der Waals surface area contributed by atoms with E-state index in [1.807, 2.05) is 12.2 Å². The Morgan fingerprint density at radius 1 is 1.75 bits per heavy atom. The Kier molecular flexibility index (Phi) is 3.00. The van der Waals surface area contributed by atoms with Crippen LogP contribution in [0.25, 0.3) is 0 Å². The Labute approximate surface area is 72.5 Å². The quantitative estimate of drug-likeness (QED) is 0.638. The molecule has 0 aliphatic heterocycles. The lowest BCUT2D eigenvalue weighted by molar-refractivity contribution is -0.115. The fourth-order valence-electron chi connectivity index (χ4n) is 1.19. The Balaban J connectivity index is 2.71. The summed E-state index contributed by atoms with van der Waals surface area (Å²) in [6.07, 6.45) is 8.38. The summed E-state index contributed by atoms with van der Waals surface area (Å²) in [6.45, 7) is 3.58. The SMILES string of the molecule is C=CCC(N)C1=CC=CCC1=O. The molecule has 64 valence electrons. The molecule has 0 aromatic carbocycles. The van der Waals surface area contributed by atoms with Crippen molar-refractivity contribution < 1.29 is 4.79 Å². The highest BCUT2D eigenvalue weighted by atomic mass is 16.1. The first-order valence-electron chi connectivity index (χ1n) is 4.02. The summed E-state index contributed by atoms with van der Waals surface area (Å²) in [4.78, 5) is 11.3. The van der Waals surface area contributed by atoms with Crippen LogP contribution in [-0.2, 0) is 4.79 Å². The van der Waals surface area contributed by atoms with E-state index in [1.54, 1.807) is 12.2 Å². The van der Waals surface area contributed by atoms with Gasteiger partial charge in [0.25, 0.3) is 0 Å². The second-order valence-electron chi connectivity index (χ2n) is 2.81. The molecule has 0 fully saturated rings. The average molecular weight is 163 g/mol. The van der Waals surface area contributed by atoms with Gasteiger partial charge in [-0.15, -0.1) is 6.58 Å². The van der Waals surface area contributed by atoms with Gasteiger partial charge in [-0.05, 0) is 6.42 Å². The van der Waals surface area contributed by atoms with Gasteiger partial charge in [-0.2, -0.15) is 0 Å². The van der Waals surface area contributed by atoms with Crippen molar-refractivity contribution in [2.45, 2.75) is 18.9 Å². The second kappa shape index (κ2) is 4.02. The van der Waals surface area contributed by atoms with Crippen LogP contribution in [0.2, 0.25) is 0 Å². The van der Waals surface area contributed by atoms with Gasteiger partial charge >= 0.3 is 0 Å². The van der Waals surface area contributed by atoms with Crippen LogP contribution in [0.15, 0.2) is 36.5 Å². The third-order valence-corrected chi connectivity index (χ3v) is 1.86. The molecular formula is C10H13NO. The topological polar surface area (TPSA) is 43.1 Å². The minimum Gasteiger partial charge on any atom is -0.324 e. The first-order valence-corrected chi connectivity index (χ1v) is 4.02. The van der Waals surface area contributed by atoms with Gasteiger partial charge in [0, 0.05) is 18.0 Å². The van der Waals surface area contributed by atoms with Crippen molar-refractivity contribution in [2.75, 3.05) is 0 Å². The van der Waals surface area contributed by atoms with E-state index >= 15 is 0 Å². The van der Waals surface area contributed by atoms with E-state index < -0.39 is 0 Å².